The lowest BCUT2D eigenvalue weighted by Crippen LogP contribution is -2.10. The minimum atomic E-state index is -0.423. The third kappa shape index (κ3) is 9.05. The molecule has 0 saturated carbocycles. The first-order valence-electron chi connectivity index (χ1n) is 15.5. The molecule has 0 amide bonds. The van der Waals surface area contributed by atoms with Crippen molar-refractivity contribution >= 4 is 40.6 Å². The number of hydrogen-bond acceptors (Lipinski definition) is 5. The van der Waals surface area contributed by atoms with E-state index >= 15 is 0 Å². The molecule has 5 nitrogen and oxygen atoms in total. The topological polar surface area (TPSA) is 55.8 Å². The number of nitrogens with zero attached hydrogens (tertiary/aromatic N) is 1. The Morgan fingerprint density at radius 1 is 0.532 bits per heavy atom. The molecule has 0 saturated heterocycles. The van der Waals surface area contributed by atoms with Gasteiger partial charge in [-0.05, 0) is 75.9 Å². The molecule has 0 spiro atoms. The summed E-state index contributed by atoms with van der Waals surface area (Å²) in [6.07, 6.45) is 5.78. The number of esters is 2. The average molecular weight is 620 g/mol. The van der Waals surface area contributed by atoms with Crippen molar-refractivity contribution in [3.05, 3.63) is 187 Å². The lowest BCUT2D eigenvalue weighted by atomic mass is 9.95. The molecule has 0 fully saturated rings. The van der Waals surface area contributed by atoms with E-state index < -0.39 is 11.9 Å². The van der Waals surface area contributed by atoms with Crippen molar-refractivity contribution in [1.82, 2.24) is 0 Å². The zero-order chi connectivity index (χ0) is 32.8. The Labute approximate surface area is 276 Å². The van der Waals surface area contributed by atoms with Gasteiger partial charge in [-0.3, -0.25) is 0 Å². The number of benzene rings is 5. The molecule has 234 valence electrons. The van der Waals surface area contributed by atoms with Crippen LogP contribution in [0.4, 0.5) is 17.1 Å². The van der Waals surface area contributed by atoms with Crippen LogP contribution in [0.3, 0.4) is 0 Å². The van der Waals surface area contributed by atoms with Gasteiger partial charge >= 0.3 is 11.9 Å². The van der Waals surface area contributed by atoms with Gasteiger partial charge in [-0.2, -0.15) is 0 Å². The number of rotatable bonds is 14. The molecule has 0 aliphatic rings. The fraction of sp³-hybridized carbons (Fsp3) is 0.0952. The first-order valence-corrected chi connectivity index (χ1v) is 15.5. The maximum atomic E-state index is 11.4. The minimum absolute atomic E-state index is 0.292. The summed E-state index contributed by atoms with van der Waals surface area (Å²) < 4.78 is 10.3. The van der Waals surface area contributed by atoms with Crippen molar-refractivity contribution in [3.8, 4) is 0 Å². The SMILES string of the molecule is C=CC(=O)OCCc1ccc(N(c2ccc(C=C(c3ccccc3)c3ccccc3)cc2)c2ccc(CCOC(=O)C=C)cc2)cc1. The maximum Gasteiger partial charge on any atom is 0.330 e. The van der Waals surface area contributed by atoms with Crippen LogP contribution in [0, 0.1) is 0 Å². The van der Waals surface area contributed by atoms with E-state index in [9.17, 15) is 9.59 Å². The van der Waals surface area contributed by atoms with Crippen LogP contribution in [-0.4, -0.2) is 25.2 Å². The molecule has 0 N–H and O–H groups in total. The van der Waals surface area contributed by atoms with Crippen LogP contribution in [-0.2, 0) is 31.9 Å². The van der Waals surface area contributed by atoms with Crippen LogP contribution in [0.2, 0.25) is 0 Å². The highest BCUT2D eigenvalue weighted by Crippen LogP contribution is 2.35. The number of carbonyl (C=O) groups is 2. The van der Waals surface area contributed by atoms with Crippen molar-refractivity contribution in [1.29, 1.82) is 0 Å². The Morgan fingerprint density at radius 2 is 0.915 bits per heavy atom. The Hall–Kier alpha value is -5.94. The fourth-order valence-corrected chi connectivity index (χ4v) is 5.18. The van der Waals surface area contributed by atoms with Crippen molar-refractivity contribution in [2.75, 3.05) is 18.1 Å². The summed E-state index contributed by atoms with van der Waals surface area (Å²) in [5.74, 6) is -0.846. The summed E-state index contributed by atoms with van der Waals surface area (Å²) in [4.78, 5) is 25.1. The minimum Gasteiger partial charge on any atom is -0.462 e. The zero-order valence-corrected chi connectivity index (χ0v) is 26.3. The zero-order valence-electron chi connectivity index (χ0n) is 26.3. The van der Waals surface area contributed by atoms with E-state index in [-0.39, 0.29) is 0 Å². The van der Waals surface area contributed by atoms with Crippen LogP contribution < -0.4 is 4.90 Å². The highest BCUT2D eigenvalue weighted by molar-refractivity contribution is 5.91. The Morgan fingerprint density at radius 3 is 1.30 bits per heavy atom. The van der Waals surface area contributed by atoms with E-state index in [0.717, 1.165) is 50.5 Å². The molecule has 0 aliphatic carbocycles. The van der Waals surface area contributed by atoms with Crippen LogP contribution in [0.25, 0.3) is 11.6 Å². The summed E-state index contributed by atoms with van der Waals surface area (Å²) in [6, 6.07) is 45.9. The van der Waals surface area contributed by atoms with Gasteiger partial charge in [-0.15, -0.1) is 0 Å². The second-order valence-electron chi connectivity index (χ2n) is 10.8. The van der Waals surface area contributed by atoms with E-state index in [1.54, 1.807) is 0 Å². The van der Waals surface area contributed by atoms with Gasteiger partial charge < -0.3 is 14.4 Å². The van der Waals surface area contributed by atoms with Gasteiger partial charge in [0.05, 0.1) is 13.2 Å². The van der Waals surface area contributed by atoms with E-state index in [0.29, 0.717) is 26.1 Å². The van der Waals surface area contributed by atoms with Crippen molar-refractivity contribution < 1.29 is 19.1 Å². The first-order chi connectivity index (χ1) is 23.0. The Balaban J connectivity index is 1.44. The highest BCUT2D eigenvalue weighted by Gasteiger charge is 2.14. The van der Waals surface area contributed by atoms with E-state index in [1.165, 1.54) is 12.2 Å². The molecular formula is C42H37NO4. The first kappa shape index (κ1) is 32.5. The predicted octanol–water partition coefficient (Wildman–Crippen LogP) is 9.29. The van der Waals surface area contributed by atoms with Crippen molar-refractivity contribution in [2.45, 2.75) is 12.8 Å². The molecule has 0 aromatic heterocycles. The molecule has 0 atom stereocenters. The molecule has 0 radical (unpaired) electrons. The van der Waals surface area contributed by atoms with Gasteiger partial charge in [0.15, 0.2) is 0 Å². The summed E-state index contributed by atoms with van der Waals surface area (Å²) in [5, 5.41) is 0. The smallest absolute Gasteiger partial charge is 0.330 e. The number of ether oxygens (including phenoxy) is 2. The molecule has 5 aromatic rings. The summed E-state index contributed by atoms with van der Waals surface area (Å²) in [7, 11) is 0. The van der Waals surface area contributed by atoms with Gasteiger partial charge in [0.25, 0.3) is 0 Å². The molecule has 47 heavy (non-hydrogen) atoms. The van der Waals surface area contributed by atoms with Gasteiger partial charge in [-0.25, -0.2) is 9.59 Å². The Bertz CT molecular complexity index is 1700. The average Bonchev–Trinajstić information content (AvgIpc) is 3.13. The summed E-state index contributed by atoms with van der Waals surface area (Å²) in [5.41, 5.74) is 9.65. The quantitative estimate of drug-likeness (QED) is 0.0705. The van der Waals surface area contributed by atoms with Crippen molar-refractivity contribution in [3.63, 3.8) is 0 Å². The van der Waals surface area contributed by atoms with Crippen molar-refractivity contribution in [2.24, 2.45) is 0 Å². The standard InChI is InChI=1S/C42H37NO4/c1-3-41(44)46-29-27-32-15-21-37(22-16-32)43(38-23-17-33(18-24-38)28-30-47-42(45)4-2)39-25-19-34(20-26-39)31-40(35-11-7-5-8-12-35)36-13-9-6-10-14-36/h3-26,31H,1-2,27-30H2. The summed E-state index contributed by atoms with van der Waals surface area (Å²) in [6.45, 7) is 7.48. The molecule has 5 aromatic carbocycles. The number of hydrogen-bond donors (Lipinski definition) is 0. The lowest BCUT2D eigenvalue weighted by Gasteiger charge is -2.26. The number of carbonyl (C=O) groups excluding carboxylic acids is 2. The summed E-state index contributed by atoms with van der Waals surface area (Å²) >= 11 is 0. The molecule has 5 heteroatoms. The van der Waals surface area contributed by atoms with E-state index in [2.05, 4.69) is 145 Å². The number of anilines is 3. The molecular weight excluding hydrogens is 582 g/mol. The van der Waals surface area contributed by atoms with Crippen LogP contribution in [0.15, 0.2) is 159 Å². The van der Waals surface area contributed by atoms with Crippen LogP contribution in [0.5, 0.6) is 0 Å². The fourth-order valence-electron chi connectivity index (χ4n) is 5.18. The molecule has 0 unspecified atom stereocenters. The van der Waals surface area contributed by atoms with Gasteiger partial charge in [0.1, 0.15) is 0 Å². The third-order valence-electron chi connectivity index (χ3n) is 7.62. The van der Waals surface area contributed by atoms with Gasteiger partial charge in [0.2, 0.25) is 0 Å². The maximum absolute atomic E-state index is 11.4. The molecule has 0 aliphatic heterocycles. The third-order valence-corrected chi connectivity index (χ3v) is 7.62. The monoisotopic (exact) mass is 619 g/mol. The molecule has 5 rings (SSSR count). The lowest BCUT2D eigenvalue weighted by molar-refractivity contribution is -0.138. The van der Waals surface area contributed by atoms with Crippen LogP contribution in [0.1, 0.15) is 27.8 Å². The van der Waals surface area contributed by atoms with Crippen LogP contribution >= 0.6 is 0 Å². The second kappa shape index (κ2) is 16.4. The molecule has 0 bridgehead atoms. The predicted molar refractivity (Wildman–Crippen MR) is 191 cm³/mol. The normalized spacial score (nSPS) is 10.4. The van der Waals surface area contributed by atoms with E-state index in [4.69, 9.17) is 9.47 Å². The van der Waals surface area contributed by atoms with Gasteiger partial charge in [0, 0.05) is 42.1 Å². The second-order valence-corrected chi connectivity index (χ2v) is 10.8. The van der Waals surface area contributed by atoms with Gasteiger partial charge in [-0.1, -0.05) is 110 Å². The largest absolute Gasteiger partial charge is 0.462 e. The highest BCUT2D eigenvalue weighted by atomic mass is 16.5. The molecule has 0 heterocycles. The Kier molecular flexibility index (Phi) is 11.3. The van der Waals surface area contributed by atoms with E-state index in [1.807, 2.05) is 12.1 Å².